The second kappa shape index (κ2) is 5.59. The van der Waals surface area contributed by atoms with Crippen molar-refractivity contribution >= 4 is 17.6 Å². The highest BCUT2D eigenvalue weighted by molar-refractivity contribution is 6.39. The van der Waals surface area contributed by atoms with Crippen LogP contribution in [0.3, 0.4) is 0 Å². The zero-order valence-electron chi connectivity index (χ0n) is 10.2. The summed E-state index contributed by atoms with van der Waals surface area (Å²) in [5, 5.41) is 2.50. The first-order valence-corrected chi connectivity index (χ1v) is 5.78. The minimum Gasteiger partial charge on any atom is -0.378 e. The van der Waals surface area contributed by atoms with E-state index in [0.717, 1.165) is 5.69 Å². The predicted octanol–water partition coefficient (Wildman–Crippen LogP) is 0.187. The highest BCUT2D eigenvalue weighted by atomic mass is 16.5. The molecule has 1 N–H and O–H groups in total. The van der Waals surface area contributed by atoms with Gasteiger partial charge in [-0.2, -0.15) is 0 Å². The highest BCUT2D eigenvalue weighted by Crippen LogP contribution is 2.05. The van der Waals surface area contributed by atoms with Crippen LogP contribution >= 0.6 is 0 Å². The number of carbonyl (C=O) groups excluding carboxylic acids is 2. The van der Waals surface area contributed by atoms with Gasteiger partial charge in [0.25, 0.3) is 0 Å². The van der Waals surface area contributed by atoms with Gasteiger partial charge in [-0.15, -0.1) is 0 Å². The number of rotatable bonds is 1. The second-order valence-electron chi connectivity index (χ2n) is 4.02. The maximum absolute atomic E-state index is 11.8. The van der Waals surface area contributed by atoms with Crippen molar-refractivity contribution in [2.45, 2.75) is 6.92 Å². The Balaban J connectivity index is 1.96. The molecule has 1 fully saturated rings. The van der Waals surface area contributed by atoms with E-state index in [1.54, 1.807) is 12.1 Å². The van der Waals surface area contributed by atoms with Gasteiger partial charge in [-0.3, -0.25) is 9.59 Å². The summed E-state index contributed by atoms with van der Waals surface area (Å²) in [6.07, 6.45) is 0. The fraction of sp³-hybridized carbons (Fsp3) is 0.417. The molecular formula is C12H15N3O3. The van der Waals surface area contributed by atoms with E-state index in [2.05, 4.69) is 10.3 Å². The van der Waals surface area contributed by atoms with Gasteiger partial charge in [0, 0.05) is 18.8 Å². The Hall–Kier alpha value is -1.95. The summed E-state index contributed by atoms with van der Waals surface area (Å²) >= 11 is 0. The number of carbonyl (C=O) groups is 2. The molecule has 6 heteroatoms. The first-order chi connectivity index (χ1) is 8.66. The Labute approximate surface area is 105 Å². The fourth-order valence-electron chi connectivity index (χ4n) is 1.69. The van der Waals surface area contributed by atoms with Crippen molar-refractivity contribution < 1.29 is 14.3 Å². The summed E-state index contributed by atoms with van der Waals surface area (Å²) in [6, 6.07) is 5.24. The van der Waals surface area contributed by atoms with Gasteiger partial charge in [-0.1, -0.05) is 6.07 Å². The third kappa shape index (κ3) is 3.04. The molecule has 0 aliphatic carbocycles. The van der Waals surface area contributed by atoms with Gasteiger partial charge in [0.2, 0.25) is 0 Å². The Morgan fingerprint density at radius 3 is 2.72 bits per heavy atom. The topological polar surface area (TPSA) is 71.5 Å². The van der Waals surface area contributed by atoms with Crippen LogP contribution in [-0.2, 0) is 14.3 Å². The van der Waals surface area contributed by atoms with Gasteiger partial charge in [0.05, 0.1) is 13.2 Å². The number of amides is 2. The number of anilines is 1. The average molecular weight is 249 g/mol. The molecule has 96 valence electrons. The number of pyridine rings is 1. The average Bonchev–Trinajstić information content (AvgIpc) is 2.39. The second-order valence-corrected chi connectivity index (χ2v) is 4.02. The number of ether oxygens (including phenoxy) is 1. The molecule has 1 aromatic heterocycles. The maximum atomic E-state index is 11.8. The first kappa shape index (κ1) is 12.5. The SMILES string of the molecule is Cc1cccc(NC(=O)C(=O)N2CCOCC2)n1. The van der Waals surface area contributed by atoms with Crippen LogP contribution in [0.4, 0.5) is 5.82 Å². The van der Waals surface area contributed by atoms with Crippen molar-refractivity contribution in [2.75, 3.05) is 31.6 Å². The summed E-state index contributed by atoms with van der Waals surface area (Å²) in [4.78, 5) is 29.2. The number of hydrogen-bond donors (Lipinski definition) is 1. The lowest BCUT2D eigenvalue weighted by Gasteiger charge is -2.25. The van der Waals surface area contributed by atoms with Crippen LogP contribution in [0.25, 0.3) is 0 Å². The Morgan fingerprint density at radius 2 is 2.06 bits per heavy atom. The van der Waals surface area contributed by atoms with Crippen LogP contribution in [-0.4, -0.2) is 48.0 Å². The molecule has 0 spiro atoms. The van der Waals surface area contributed by atoms with Gasteiger partial charge >= 0.3 is 11.8 Å². The van der Waals surface area contributed by atoms with Crippen molar-refractivity contribution in [3.8, 4) is 0 Å². The Morgan fingerprint density at radius 1 is 1.33 bits per heavy atom. The van der Waals surface area contributed by atoms with E-state index in [-0.39, 0.29) is 0 Å². The summed E-state index contributed by atoms with van der Waals surface area (Å²) in [7, 11) is 0. The van der Waals surface area contributed by atoms with E-state index < -0.39 is 11.8 Å². The van der Waals surface area contributed by atoms with Crippen LogP contribution in [0.5, 0.6) is 0 Å². The largest absolute Gasteiger partial charge is 0.378 e. The van der Waals surface area contributed by atoms with Gasteiger partial charge < -0.3 is 15.0 Å². The van der Waals surface area contributed by atoms with Gasteiger partial charge in [0.15, 0.2) is 0 Å². The van der Waals surface area contributed by atoms with Crippen molar-refractivity contribution in [2.24, 2.45) is 0 Å². The standard InChI is InChI=1S/C12H15N3O3/c1-9-3-2-4-10(13-9)14-11(16)12(17)15-5-7-18-8-6-15/h2-4H,5-8H2,1H3,(H,13,14,16). The molecule has 18 heavy (non-hydrogen) atoms. The summed E-state index contributed by atoms with van der Waals surface area (Å²) in [5.74, 6) is -0.807. The fourth-order valence-corrected chi connectivity index (χ4v) is 1.69. The Kier molecular flexibility index (Phi) is 3.88. The molecule has 0 unspecified atom stereocenters. The van der Waals surface area contributed by atoms with Crippen molar-refractivity contribution in [3.63, 3.8) is 0 Å². The molecule has 2 amide bonds. The van der Waals surface area contributed by atoms with E-state index in [1.165, 1.54) is 4.90 Å². The van der Waals surface area contributed by atoms with Gasteiger partial charge in [-0.25, -0.2) is 4.98 Å². The van der Waals surface area contributed by atoms with Gasteiger partial charge in [-0.05, 0) is 19.1 Å². The lowest BCUT2D eigenvalue weighted by atomic mass is 10.3. The van der Waals surface area contributed by atoms with Crippen molar-refractivity contribution in [3.05, 3.63) is 23.9 Å². The molecule has 6 nitrogen and oxygen atoms in total. The van der Waals surface area contributed by atoms with E-state index in [9.17, 15) is 9.59 Å². The first-order valence-electron chi connectivity index (χ1n) is 5.78. The van der Waals surface area contributed by atoms with E-state index in [0.29, 0.717) is 32.1 Å². The van der Waals surface area contributed by atoms with Crippen LogP contribution in [0.2, 0.25) is 0 Å². The predicted molar refractivity (Wildman–Crippen MR) is 65.0 cm³/mol. The molecule has 0 saturated carbocycles. The summed E-state index contributed by atoms with van der Waals surface area (Å²) in [5.41, 5.74) is 0.784. The molecule has 1 aromatic rings. The lowest BCUT2D eigenvalue weighted by molar-refractivity contribution is -0.145. The number of hydrogen-bond acceptors (Lipinski definition) is 4. The highest BCUT2D eigenvalue weighted by Gasteiger charge is 2.23. The van der Waals surface area contributed by atoms with E-state index >= 15 is 0 Å². The number of aryl methyl sites for hydroxylation is 1. The smallest absolute Gasteiger partial charge is 0.315 e. The van der Waals surface area contributed by atoms with Crippen molar-refractivity contribution in [1.29, 1.82) is 0 Å². The van der Waals surface area contributed by atoms with Crippen LogP contribution < -0.4 is 5.32 Å². The molecule has 2 rings (SSSR count). The molecule has 0 bridgehead atoms. The third-order valence-corrected chi connectivity index (χ3v) is 2.62. The molecular weight excluding hydrogens is 234 g/mol. The molecule has 1 aliphatic heterocycles. The monoisotopic (exact) mass is 249 g/mol. The number of aromatic nitrogens is 1. The van der Waals surface area contributed by atoms with Crippen LogP contribution in [0.1, 0.15) is 5.69 Å². The molecule has 2 heterocycles. The molecule has 1 aliphatic rings. The third-order valence-electron chi connectivity index (χ3n) is 2.62. The Bertz CT molecular complexity index is 456. The molecule has 1 saturated heterocycles. The number of nitrogens with one attached hydrogen (secondary N) is 1. The normalized spacial score (nSPS) is 15.3. The maximum Gasteiger partial charge on any atom is 0.315 e. The quantitative estimate of drug-likeness (QED) is 0.721. The molecule has 0 atom stereocenters. The minimum atomic E-state index is -0.657. The molecule has 0 radical (unpaired) electrons. The zero-order valence-corrected chi connectivity index (χ0v) is 10.2. The summed E-state index contributed by atoms with van der Waals surface area (Å²) < 4.78 is 5.13. The van der Waals surface area contributed by atoms with Crippen LogP contribution in [0.15, 0.2) is 18.2 Å². The lowest BCUT2D eigenvalue weighted by Crippen LogP contribution is -2.45. The van der Waals surface area contributed by atoms with Gasteiger partial charge in [0.1, 0.15) is 5.82 Å². The zero-order chi connectivity index (χ0) is 13.0. The van der Waals surface area contributed by atoms with Crippen molar-refractivity contribution in [1.82, 2.24) is 9.88 Å². The van der Waals surface area contributed by atoms with E-state index in [1.807, 2.05) is 13.0 Å². The summed E-state index contributed by atoms with van der Waals surface area (Å²) in [6.45, 7) is 3.67. The van der Waals surface area contributed by atoms with Crippen LogP contribution in [0, 0.1) is 6.92 Å². The molecule has 0 aromatic carbocycles. The number of nitrogens with zero attached hydrogens (tertiary/aromatic N) is 2. The van der Waals surface area contributed by atoms with E-state index in [4.69, 9.17) is 4.74 Å². The minimum absolute atomic E-state index is 0.390. The number of morpholine rings is 1.